The van der Waals surface area contributed by atoms with E-state index in [2.05, 4.69) is 10.2 Å². The number of fused-ring (bicyclic) bond motifs is 2. The zero-order valence-electron chi connectivity index (χ0n) is 26.9. The van der Waals surface area contributed by atoms with Crippen LogP contribution in [0.3, 0.4) is 0 Å². The van der Waals surface area contributed by atoms with Crippen LogP contribution in [0.4, 0.5) is 4.79 Å². The van der Waals surface area contributed by atoms with Crippen molar-refractivity contribution in [3.8, 4) is 11.5 Å². The summed E-state index contributed by atoms with van der Waals surface area (Å²) in [5, 5.41) is 3.49. The van der Waals surface area contributed by atoms with Gasteiger partial charge in [0.25, 0.3) is 5.56 Å². The predicted octanol–water partition coefficient (Wildman–Crippen LogP) is 4.74. The molecule has 1 saturated heterocycles. The van der Waals surface area contributed by atoms with Crippen LogP contribution in [0.15, 0.2) is 53.3 Å². The van der Waals surface area contributed by atoms with Crippen LogP contribution in [-0.2, 0) is 22.6 Å². The van der Waals surface area contributed by atoms with Gasteiger partial charge in [-0.3, -0.25) is 9.59 Å². The molecule has 10 nitrogen and oxygen atoms in total. The van der Waals surface area contributed by atoms with Gasteiger partial charge in [-0.2, -0.15) is 0 Å². The number of rotatable bonds is 8. The van der Waals surface area contributed by atoms with E-state index >= 15 is 0 Å². The normalized spacial score (nSPS) is 15.8. The van der Waals surface area contributed by atoms with Gasteiger partial charge in [0.1, 0.15) is 18.8 Å². The number of hydrogen-bond acceptors (Lipinski definition) is 7. The zero-order chi connectivity index (χ0) is 32.1. The highest BCUT2D eigenvalue weighted by atomic mass is 16.6. The van der Waals surface area contributed by atoms with Gasteiger partial charge < -0.3 is 33.9 Å². The molecule has 2 amide bonds. The summed E-state index contributed by atoms with van der Waals surface area (Å²) in [5.41, 5.74) is 2.88. The molecule has 0 saturated carbocycles. The van der Waals surface area contributed by atoms with Crippen molar-refractivity contribution in [1.29, 1.82) is 0 Å². The molecular formula is C35H44N4O6. The summed E-state index contributed by atoms with van der Waals surface area (Å²) in [4.78, 5) is 42.7. The van der Waals surface area contributed by atoms with Crippen molar-refractivity contribution in [2.24, 2.45) is 0 Å². The molecule has 45 heavy (non-hydrogen) atoms. The van der Waals surface area contributed by atoms with Gasteiger partial charge in [0.2, 0.25) is 5.91 Å². The van der Waals surface area contributed by atoms with E-state index in [4.69, 9.17) is 14.2 Å². The van der Waals surface area contributed by atoms with Gasteiger partial charge in [0.15, 0.2) is 11.5 Å². The maximum Gasteiger partial charge on any atom is 0.410 e. The number of carbonyl (C=O) groups excluding carboxylic acids is 2. The van der Waals surface area contributed by atoms with Gasteiger partial charge >= 0.3 is 6.09 Å². The number of carbonyl (C=O) groups is 2. The van der Waals surface area contributed by atoms with E-state index in [1.807, 2.05) is 73.6 Å². The summed E-state index contributed by atoms with van der Waals surface area (Å²) in [6.07, 6.45) is 4.39. The molecule has 1 aromatic heterocycles. The summed E-state index contributed by atoms with van der Waals surface area (Å²) >= 11 is 0. The predicted molar refractivity (Wildman–Crippen MR) is 175 cm³/mol. The van der Waals surface area contributed by atoms with Gasteiger partial charge in [-0.15, -0.1) is 0 Å². The largest absolute Gasteiger partial charge is 0.486 e. The number of likely N-dealkylation sites (N-methyl/N-ethyl adjacent to an activating group) is 1. The Hall–Kier alpha value is -4.31. The number of nitrogens with one attached hydrogen (secondary N) is 1. The molecule has 0 spiro atoms. The molecular weight excluding hydrogens is 572 g/mol. The third-order valence-electron chi connectivity index (χ3n) is 8.19. The van der Waals surface area contributed by atoms with Crippen LogP contribution in [0.1, 0.15) is 50.3 Å². The highest BCUT2D eigenvalue weighted by Gasteiger charge is 2.31. The number of aromatic nitrogens is 1. The molecule has 0 bridgehead atoms. The molecule has 0 unspecified atom stereocenters. The lowest BCUT2D eigenvalue weighted by Crippen LogP contribution is -2.49. The van der Waals surface area contributed by atoms with E-state index in [0.717, 1.165) is 59.3 Å². The fraction of sp³-hybridized carbons (Fsp3) is 0.457. The molecule has 0 aliphatic carbocycles. The van der Waals surface area contributed by atoms with E-state index in [1.54, 1.807) is 19.2 Å². The van der Waals surface area contributed by atoms with Crippen LogP contribution in [0.2, 0.25) is 0 Å². The molecule has 2 aliphatic rings. The second-order valence-corrected chi connectivity index (χ2v) is 12.7. The Morgan fingerprint density at radius 2 is 1.76 bits per heavy atom. The maximum atomic E-state index is 13.4. The first-order valence-electron chi connectivity index (χ1n) is 15.7. The first-order valence-corrected chi connectivity index (χ1v) is 15.7. The van der Waals surface area contributed by atoms with Crippen molar-refractivity contribution < 1.29 is 23.8 Å². The van der Waals surface area contributed by atoms with Crippen LogP contribution in [0.5, 0.6) is 11.5 Å². The molecule has 10 heteroatoms. The summed E-state index contributed by atoms with van der Waals surface area (Å²) in [6, 6.07) is 13.5. The molecule has 2 aromatic carbocycles. The third-order valence-corrected chi connectivity index (χ3v) is 8.19. The standard InChI is InChI=1S/C35H44N4O6/c1-24-6-9-28-26(8-11-32(40)36-5)22-33(41)38(29(28)20-24)17-16-37-14-12-27(13-15-37)39(34(42)45-35(2,3)4)23-25-7-10-30-31(21-25)44-19-18-43-30/h6-11,20-22,27H,12-19,23H2,1-5H3,(H,36,40)/b11-8+. The Bertz CT molecular complexity index is 1630. The van der Waals surface area contributed by atoms with Crippen molar-refractivity contribution in [2.45, 2.75) is 65.3 Å². The van der Waals surface area contributed by atoms with Crippen molar-refractivity contribution in [1.82, 2.24) is 19.7 Å². The first kappa shape index (κ1) is 32.1. The molecule has 240 valence electrons. The fourth-order valence-electron chi connectivity index (χ4n) is 5.88. The summed E-state index contributed by atoms with van der Waals surface area (Å²) in [7, 11) is 1.57. The number of piperidine rings is 1. The SMILES string of the molecule is CNC(=O)/C=C/c1cc(=O)n(CCN2CCC(N(Cc3ccc4c(c3)OCCO4)C(=O)OC(C)(C)C)CC2)c2cc(C)ccc12. The van der Waals surface area contributed by atoms with Crippen LogP contribution >= 0.6 is 0 Å². The van der Waals surface area contributed by atoms with E-state index < -0.39 is 5.60 Å². The summed E-state index contributed by atoms with van der Waals surface area (Å²) in [6.45, 7) is 11.9. The van der Waals surface area contributed by atoms with Crippen LogP contribution in [0, 0.1) is 6.92 Å². The number of amides is 2. The molecule has 1 N–H and O–H groups in total. The fourth-order valence-corrected chi connectivity index (χ4v) is 5.88. The Kier molecular flexibility index (Phi) is 9.82. The number of likely N-dealkylation sites (tertiary alicyclic amines) is 1. The lowest BCUT2D eigenvalue weighted by atomic mass is 10.0. The number of benzene rings is 2. The highest BCUT2D eigenvalue weighted by Crippen LogP contribution is 2.32. The van der Waals surface area contributed by atoms with Crippen LogP contribution in [-0.4, -0.2) is 77.9 Å². The van der Waals surface area contributed by atoms with Gasteiger partial charge in [-0.1, -0.05) is 18.2 Å². The second kappa shape index (κ2) is 13.8. The monoisotopic (exact) mass is 616 g/mol. The topological polar surface area (TPSA) is 102 Å². The molecule has 0 atom stereocenters. The van der Waals surface area contributed by atoms with E-state index in [1.165, 1.54) is 6.08 Å². The number of aryl methyl sites for hydroxylation is 1. The van der Waals surface area contributed by atoms with Crippen LogP contribution < -0.4 is 20.3 Å². The quantitative estimate of drug-likeness (QED) is 0.365. The van der Waals surface area contributed by atoms with Crippen LogP contribution in [0.25, 0.3) is 17.0 Å². The Balaban J connectivity index is 1.28. The average molecular weight is 617 g/mol. The lowest BCUT2D eigenvalue weighted by Gasteiger charge is -2.39. The number of hydrogen-bond donors (Lipinski definition) is 1. The molecule has 0 radical (unpaired) electrons. The highest BCUT2D eigenvalue weighted by molar-refractivity contribution is 5.95. The van der Waals surface area contributed by atoms with Crippen molar-refractivity contribution in [3.05, 3.63) is 75.6 Å². The van der Waals surface area contributed by atoms with Gasteiger partial charge in [-0.05, 0) is 81.5 Å². The van der Waals surface area contributed by atoms with Gasteiger partial charge in [0, 0.05) is 63.3 Å². The summed E-state index contributed by atoms with van der Waals surface area (Å²) in [5.74, 6) is 1.20. The van der Waals surface area contributed by atoms with E-state index in [0.29, 0.717) is 38.6 Å². The molecule has 3 heterocycles. The molecule has 2 aliphatic heterocycles. The van der Waals surface area contributed by atoms with E-state index in [9.17, 15) is 14.4 Å². The summed E-state index contributed by atoms with van der Waals surface area (Å²) < 4.78 is 19.1. The third kappa shape index (κ3) is 8.05. The van der Waals surface area contributed by atoms with Crippen molar-refractivity contribution >= 4 is 29.0 Å². The Morgan fingerprint density at radius 1 is 1.02 bits per heavy atom. The minimum Gasteiger partial charge on any atom is -0.486 e. The van der Waals surface area contributed by atoms with Crippen molar-refractivity contribution in [2.75, 3.05) is 39.9 Å². The lowest BCUT2D eigenvalue weighted by molar-refractivity contribution is -0.115. The minimum absolute atomic E-state index is 0.0156. The number of ether oxygens (including phenoxy) is 3. The average Bonchev–Trinajstić information content (AvgIpc) is 3.01. The van der Waals surface area contributed by atoms with Gasteiger partial charge in [-0.25, -0.2) is 4.79 Å². The Morgan fingerprint density at radius 3 is 2.47 bits per heavy atom. The first-order chi connectivity index (χ1) is 21.5. The van der Waals surface area contributed by atoms with E-state index in [-0.39, 0.29) is 23.6 Å². The number of nitrogens with zero attached hydrogens (tertiary/aromatic N) is 3. The maximum absolute atomic E-state index is 13.4. The Labute approximate surface area is 264 Å². The number of pyridine rings is 1. The molecule has 3 aromatic rings. The molecule has 1 fully saturated rings. The molecule has 5 rings (SSSR count). The smallest absolute Gasteiger partial charge is 0.410 e. The van der Waals surface area contributed by atoms with Gasteiger partial charge in [0.05, 0.1) is 5.52 Å². The second-order valence-electron chi connectivity index (χ2n) is 12.7. The minimum atomic E-state index is -0.606. The van der Waals surface area contributed by atoms with Crippen molar-refractivity contribution in [3.63, 3.8) is 0 Å². The zero-order valence-corrected chi connectivity index (χ0v) is 26.9.